The average molecular weight is 294 g/mol. The molecule has 0 unspecified atom stereocenters. The van der Waals surface area contributed by atoms with Crippen molar-refractivity contribution in [2.24, 2.45) is 5.41 Å². The quantitative estimate of drug-likeness (QED) is 0.927. The number of nitrogens with one attached hydrogen (secondary N) is 1. The number of sulfonamides is 1. The summed E-state index contributed by atoms with van der Waals surface area (Å²) in [5.41, 5.74) is -0.207. The normalized spacial score (nSPS) is 13.0. The fourth-order valence-corrected chi connectivity index (χ4v) is 3.97. The predicted molar refractivity (Wildman–Crippen MR) is 79.6 cm³/mol. The SMILES string of the molecule is CC(C)(C)CC(C)(C)NS(=O)(=O)c1cccc(C#N)c1. The fraction of sp³-hybridized carbons (Fsp3) is 0.533. The van der Waals surface area contributed by atoms with E-state index in [0.717, 1.165) is 0 Å². The lowest BCUT2D eigenvalue weighted by molar-refractivity contribution is 0.269. The summed E-state index contributed by atoms with van der Waals surface area (Å²) in [5, 5.41) is 8.85. The molecule has 0 saturated carbocycles. The molecule has 0 aliphatic heterocycles. The molecule has 5 heteroatoms. The van der Waals surface area contributed by atoms with Crippen LogP contribution in [0.3, 0.4) is 0 Å². The molecule has 1 N–H and O–H groups in total. The molecule has 110 valence electrons. The van der Waals surface area contributed by atoms with E-state index in [-0.39, 0.29) is 10.3 Å². The van der Waals surface area contributed by atoms with Crippen molar-refractivity contribution in [1.29, 1.82) is 5.26 Å². The van der Waals surface area contributed by atoms with Crippen LogP contribution in [0.2, 0.25) is 0 Å². The van der Waals surface area contributed by atoms with Crippen LogP contribution in [-0.2, 0) is 10.0 Å². The van der Waals surface area contributed by atoms with Gasteiger partial charge in [-0.3, -0.25) is 0 Å². The zero-order valence-electron chi connectivity index (χ0n) is 12.7. The topological polar surface area (TPSA) is 70.0 Å². The molecular formula is C15H22N2O2S. The summed E-state index contributed by atoms with van der Waals surface area (Å²) >= 11 is 0. The molecule has 1 aromatic rings. The number of nitrogens with zero attached hydrogens (tertiary/aromatic N) is 1. The summed E-state index contributed by atoms with van der Waals surface area (Å²) < 4.78 is 27.5. The monoisotopic (exact) mass is 294 g/mol. The largest absolute Gasteiger partial charge is 0.241 e. The van der Waals surface area contributed by atoms with E-state index < -0.39 is 15.6 Å². The Morgan fingerprint density at radius 3 is 2.30 bits per heavy atom. The van der Waals surface area contributed by atoms with Crippen LogP contribution in [0.5, 0.6) is 0 Å². The summed E-state index contributed by atoms with van der Waals surface area (Å²) in [6.07, 6.45) is 0.706. The van der Waals surface area contributed by atoms with Crippen LogP contribution in [0.25, 0.3) is 0 Å². The van der Waals surface area contributed by atoms with Gasteiger partial charge in [-0.15, -0.1) is 0 Å². The summed E-state index contributed by atoms with van der Waals surface area (Å²) in [4.78, 5) is 0.124. The fourth-order valence-electron chi connectivity index (χ4n) is 2.52. The number of hydrogen-bond donors (Lipinski definition) is 1. The molecule has 0 heterocycles. The van der Waals surface area contributed by atoms with Crippen molar-refractivity contribution in [2.75, 3.05) is 0 Å². The minimum Gasteiger partial charge on any atom is -0.207 e. The smallest absolute Gasteiger partial charge is 0.207 e. The van der Waals surface area contributed by atoms with Crippen molar-refractivity contribution in [2.45, 2.75) is 51.5 Å². The van der Waals surface area contributed by atoms with Gasteiger partial charge in [0.15, 0.2) is 0 Å². The molecule has 0 radical (unpaired) electrons. The highest BCUT2D eigenvalue weighted by atomic mass is 32.2. The van der Waals surface area contributed by atoms with Crippen LogP contribution in [0.1, 0.15) is 46.6 Å². The second-order valence-electron chi connectivity index (χ2n) is 6.87. The van der Waals surface area contributed by atoms with Crippen molar-refractivity contribution >= 4 is 10.0 Å². The summed E-state index contributed by atoms with van der Waals surface area (Å²) in [6, 6.07) is 7.99. The Morgan fingerprint density at radius 1 is 1.20 bits per heavy atom. The molecule has 0 saturated heterocycles. The van der Waals surface area contributed by atoms with Gasteiger partial charge in [0.1, 0.15) is 0 Å². The molecule has 0 aromatic heterocycles. The van der Waals surface area contributed by atoms with E-state index in [0.29, 0.717) is 12.0 Å². The second-order valence-corrected chi connectivity index (χ2v) is 8.55. The van der Waals surface area contributed by atoms with E-state index in [1.807, 2.05) is 19.9 Å². The van der Waals surface area contributed by atoms with Gasteiger partial charge in [0, 0.05) is 5.54 Å². The molecule has 1 aromatic carbocycles. The molecule has 20 heavy (non-hydrogen) atoms. The third-order valence-electron chi connectivity index (χ3n) is 2.66. The lowest BCUT2D eigenvalue weighted by Crippen LogP contribution is -2.45. The second kappa shape index (κ2) is 5.55. The van der Waals surface area contributed by atoms with Crippen molar-refractivity contribution in [1.82, 2.24) is 4.72 Å². The maximum Gasteiger partial charge on any atom is 0.241 e. The summed E-state index contributed by atoms with van der Waals surface area (Å²) in [5.74, 6) is 0. The van der Waals surface area contributed by atoms with Gasteiger partial charge in [0.05, 0.1) is 16.5 Å². The van der Waals surface area contributed by atoms with Gasteiger partial charge in [-0.05, 0) is 43.9 Å². The maximum atomic E-state index is 12.4. The molecule has 0 atom stereocenters. The Morgan fingerprint density at radius 2 is 1.80 bits per heavy atom. The number of hydrogen-bond acceptors (Lipinski definition) is 3. The molecule has 0 amide bonds. The van der Waals surface area contributed by atoms with E-state index in [4.69, 9.17) is 5.26 Å². The molecule has 0 aliphatic rings. The van der Waals surface area contributed by atoms with Gasteiger partial charge < -0.3 is 0 Å². The highest BCUT2D eigenvalue weighted by molar-refractivity contribution is 7.89. The van der Waals surface area contributed by atoms with E-state index in [1.165, 1.54) is 12.1 Å². The Balaban J connectivity index is 3.03. The molecule has 0 aliphatic carbocycles. The first-order valence-electron chi connectivity index (χ1n) is 6.49. The lowest BCUT2D eigenvalue weighted by Gasteiger charge is -2.33. The minimum atomic E-state index is -3.62. The van der Waals surface area contributed by atoms with Crippen molar-refractivity contribution in [3.63, 3.8) is 0 Å². The predicted octanol–water partition coefficient (Wildman–Crippen LogP) is 3.05. The van der Waals surface area contributed by atoms with Gasteiger partial charge in [0.25, 0.3) is 0 Å². The van der Waals surface area contributed by atoms with Gasteiger partial charge in [-0.1, -0.05) is 26.8 Å². The highest BCUT2D eigenvalue weighted by Crippen LogP contribution is 2.28. The first-order valence-corrected chi connectivity index (χ1v) is 7.98. The van der Waals surface area contributed by atoms with Crippen LogP contribution in [0, 0.1) is 16.7 Å². The van der Waals surface area contributed by atoms with E-state index in [2.05, 4.69) is 25.5 Å². The van der Waals surface area contributed by atoms with Crippen LogP contribution < -0.4 is 4.72 Å². The first kappa shape index (κ1) is 16.7. The van der Waals surface area contributed by atoms with Crippen molar-refractivity contribution in [3.05, 3.63) is 29.8 Å². The number of nitriles is 1. The number of rotatable bonds is 4. The highest BCUT2D eigenvalue weighted by Gasteiger charge is 2.30. The maximum absolute atomic E-state index is 12.4. The lowest BCUT2D eigenvalue weighted by atomic mass is 9.82. The van der Waals surface area contributed by atoms with Crippen LogP contribution >= 0.6 is 0 Å². The molecule has 4 nitrogen and oxygen atoms in total. The molecular weight excluding hydrogens is 272 g/mol. The molecule has 1 rings (SSSR count). The Kier molecular flexibility index (Phi) is 4.62. The molecule has 0 fully saturated rings. The summed E-state index contributed by atoms with van der Waals surface area (Å²) in [6.45, 7) is 9.94. The first-order chi connectivity index (χ1) is 8.95. The van der Waals surface area contributed by atoms with Gasteiger partial charge >= 0.3 is 0 Å². The summed E-state index contributed by atoms with van der Waals surface area (Å²) in [7, 11) is -3.62. The van der Waals surface area contributed by atoms with Gasteiger partial charge in [-0.2, -0.15) is 5.26 Å². The van der Waals surface area contributed by atoms with Gasteiger partial charge in [0.2, 0.25) is 10.0 Å². The molecule has 0 spiro atoms. The average Bonchev–Trinajstić information content (AvgIpc) is 2.24. The van der Waals surface area contributed by atoms with Crippen molar-refractivity contribution < 1.29 is 8.42 Å². The van der Waals surface area contributed by atoms with E-state index in [9.17, 15) is 8.42 Å². The van der Waals surface area contributed by atoms with Crippen molar-refractivity contribution in [3.8, 4) is 6.07 Å². The van der Waals surface area contributed by atoms with Crippen LogP contribution in [0.4, 0.5) is 0 Å². The zero-order chi connectivity index (χ0) is 15.6. The van der Waals surface area contributed by atoms with Gasteiger partial charge in [-0.25, -0.2) is 13.1 Å². The zero-order valence-corrected chi connectivity index (χ0v) is 13.5. The standard InChI is InChI=1S/C15H22N2O2S/c1-14(2,3)11-15(4,5)17-20(18,19)13-8-6-7-12(9-13)10-16/h6-9,17H,11H2,1-5H3. The van der Waals surface area contributed by atoms with E-state index in [1.54, 1.807) is 12.1 Å². The Bertz CT molecular complexity index is 620. The number of benzene rings is 1. The van der Waals surface area contributed by atoms with Crippen LogP contribution in [0.15, 0.2) is 29.2 Å². The third kappa shape index (κ3) is 4.95. The Labute approximate surface area is 121 Å². The molecule has 0 bridgehead atoms. The third-order valence-corrected chi connectivity index (χ3v) is 4.35. The van der Waals surface area contributed by atoms with E-state index >= 15 is 0 Å². The minimum absolute atomic E-state index is 0.0144. The Hall–Kier alpha value is -1.38. The van der Waals surface area contributed by atoms with Crippen LogP contribution in [-0.4, -0.2) is 14.0 Å².